The SMILES string of the molecule is Cc1cc(C(F)(F)F)cc(O)c1-c1ccn2nc(N3CCNCC3)nc2n1. The average molecular weight is 378 g/mol. The minimum atomic E-state index is -4.52. The van der Waals surface area contributed by atoms with Crippen molar-refractivity contribution in [2.24, 2.45) is 0 Å². The van der Waals surface area contributed by atoms with Crippen molar-refractivity contribution in [1.82, 2.24) is 24.9 Å². The third kappa shape index (κ3) is 3.27. The Hall–Kier alpha value is -2.88. The molecule has 1 saturated heterocycles. The number of rotatable bonds is 2. The summed E-state index contributed by atoms with van der Waals surface area (Å²) in [7, 11) is 0. The molecule has 2 aromatic heterocycles. The summed E-state index contributed by atoms with van der Waals surface area (Å²) in [6.45, 7) is 4.75. The maximum Gasteiger partial charge on any atom is 0.416 e. The van der Waals surface area contributed by atoms with Crippen LogP contribution in [-0.2, 0) is 6.18 Å². The number of hydrogen-bond acceptors (Lipinski definition) is 6. The topological polar surface area (TPSA) is 78.6 Å². The fourth-order valence-electron chi connectivity index (χ4n) is 3.17. The van der Waals surface area contributed by atoms with Crippen molar-refractivity contribution in [3.8, 4) is 17.0 Å². The lowest BCUT2D eigenvalue weighted by Gasteiger charge is -2.25. The van der Waals surface area contributed by atoms with Crippen LogP contribution in [-0.4, -0.2) is 50.9 Å². The Morgan fingerprint density at radius 1 is 1.15 bits per heavy atom. The van der Waals surface area contributed by atoms with Crippen LogP contribution in [0.3, 0.4) is 0 Å². The number of nitrogens with one attached hydrogen (secondary N) is 1. The third-order valence-electron chi connectivity index (χ3n) is 4.49. The number of alkyl halides is 3. The van der Waals surface area contributed by atoms with Gasteiger partial charge in [-0.2, -0.15) is 18.2 Å². The van der Waals surface area contributed by atoms with Crippen LogP contribution < -0.4 is 10.2 Å². The summed E-state index contributed by atoms with van der Waals surface area (Å²) in [5.41, 5.74) is -0.0328. The van der Waals surface area contributed by atoms with Crippen molar-refractivity contribution < 1.29 is 18.3 Å². The number of aromatic hydroxyl groups is 1. The van der Waals surface area contributed by atoms with Gasteiger partial charge in [-0.15, -0.1) is 5.10 Å². The summed E-state index contributed by atoms with van der Waals surface area (Å²) in [6.07, 6.45) is -2.89. The lowest BCUT2D eigenvalue weighted by atomic mass is 10.0. The van der Waals surface area contributed by atoms with Crippen molar-refractivity contribution in [2.45, 2.75) is 13.1 Å². The Labute approximate surface area is 152 Å². The number of phenolic OH excluding ortho intramolecular Hbond substituents is 1. The number of benzene rings is 1. The zero-order chi connectivity index (χ0) is 19.2. The molecule has 0 bridgehead atoms. The molecule has 27 heavy (non-hydrogen) atoms. The summed E-state index contributed by atoms with van der Waals surface area (Å²) in [4.78, 5) is 10.8. The minimum absolute atomic E-state index is 0.247. The second-order valence-corrected chi connectivity index (χ2v) is 6.39. The van der Waals surface area contributed by atoms with Crippen LogP contribution in [0.2, 0.25) is 0 Å². The first-order valence-corrected chi connectivity index (χ1v) is 8.43. The van der Waals surface area contributed by atoms with E-state index in [9.17, 15) is 18.3 Å². The molecular weight excluding hydrogens is 361 g/mol. The van der Waals surface area contributed by atoms with Crippen LogP contribution in [0.15, 0.2) is 24.4 Å². The third-order valence-corrected chi connectivity index (χ3v) is 4.49. The van der Waals surface area contributed by atoms with Crippen molar-refractivity contribution in [1.29, 1.82) is 0 Å². The van der Waals surface area contributed by atoms with Crippen LogP contribution in [0.25, 0.3) is 17.0 Å². The molecule has 1 aliphatic rings. The van der Waals surface area contributed by atoms with E-state index in [1.165, 1.54) is 11.4 Å². The smallest absolute Gasteiger partial charge is 0.416 e. The van der Waals surface area contributed by atoms with E-state index in [0.29, 0.717) is 23.5 Å². The number of nitrogens with zero attached hydrogens (tertiary/aromatic N) is 5. The number of aromatic nitrogens is 4. The zero-order valence-corrected chi connectivity index (χ0v) is 14.5. The maximum absolute atomic E-state index is 12.9. The summed E-state index contributed by atoms with van der Waals surface area (Å²) in [6, 6.07) is 3.31. The molecule has 3 heterocycles. The summed E-state index contributed by atoms with van der Waals surface area (Å²) < 4.78 is 40.2. The molecule has 1 aliphatic heterocycles. The van der Waals surface area contributed by atoms with Gasteiger partial charge in [0.2, 0.25) is 5.95 Å². The second kappa shape index (κ2) is 6.38. The van der Waals surface area contributed by atoms with Gasteiger partial charge in [0.05, 0.1) is 11.3 Å². The number of fused-ring (bicyclic) bond motifs is 1. The van der Waals surface area contributed by atoms with E-state index in [4.69, 9.17) is 0 Å². The maximum atomic E-state index is 12.9. The quantitative estimate of drug-likeness (QED) is 0.712. The molecule has 0 unspecified atom stereocenters. The Morgan fingerprint density at radius 2 is 1.89 bits per heavy atom. The molecule has 0 aliphatic carbocycles. The predicted molar refractivity (Wildman–Crippen MR) is 92.7 cm³/mol. The highest BCUT2D eigenvalue weighted by Crippen LogP contribution is 2.38. The van der Waals surface area contributed by atoms with E-state index in [-0.39, 0.29) is 11.1 Å². The minimum Gasteiger partial charge on any atom is -0.507 e. The van der Waals surface area contributed by atoms with E-state index < -0.39 is 17.5 Å². The average Bonchev–Trinajstić information content (AvgIpc) is 3.04. The Morgan fingerprint density at radius 3 is 2.56 bits per heavy atom. The Balaban J connectivity index is 1.74. The van der Waals surface area contributed by atoms with Gasteiger partial charge in [-0.1, -0.05) is 0 Å². The first-order valence-electron chi connectivity index (χ1n) is 8.43. The molecule has 1 aromatic carbocycles. The number of anilines is 1. The van der Waals surface area contributed by atoms with E-state index in [0.717, 1.165) is 32.2 Å². The van der Waals surface area contributed by atoms with E-state index in [1.807, 2.05) is 4.90 Å². The van der Waals surface area contributed by atoms with Gasteiger partial charge in [0.25, 0.3) is 5.78 Å². The fraction of sp³-hybridized carbons (Fsp3) is 0.353. The van der Waals surface area contributed by atoms with Crippen molar-refractivity contribution >= 4 is 11.7 Å². The van der Waals surface area contributed by atoms with Crippen LogP contribution in [0, 0.1) is 6.92 Å². The molecule has 0 atom stereocenters. The number of aryl methyl sites for hydroxylation is 1. The highest BCUT2D eigenvalue weighted by molar-refractivity contribution is 5.72. The number of hydrogen-bond donors (Lipinski definition) is 2. The lowest BCUT2D eigenvalue weighted by molar-refractivity contribution is -0.137. The molecule has 2 N–H and O–H groups in total. The largest absolute Gasteiger partial charge is 0.507 e. The molecule has 1 fully saturated rings. The molecule has 4 rings (SSSR count). The molecule has 0 radical (unpaired) electrons. The molecule has 3 aromatic rings. The standard InChI is InChI=1S/C17H17F3N6O/c1-10-8-11(17(18,19)20)9-13(27)14(10)12-2-5-26-15(22-12)23-16(24-26)25-6-3-21-4-7-25/h2,5,8-9,21,27H,3-4,6-7H2,1H3. The van der Waals surface area contributed by atoms with Crippen LogP contribution in [0.1, 0.15) is 11.1 Å². The van der Waals surface area contributed by atoms with Gasteiger partial charge in [-0.05, 0) is 30.7 Å². The highest BCUT2D eigenvalue weighted by atomic mass is 19.4. The van der Waals surface area contributed by atoms with Gasteiger partial charge in [0, 0.05) is 37.9 Å². The molecule has 0 amide bonds. The molecule has 10 heteroatoms. The second-order valence-electron chi connectivity index (χ2n) is 6.39. The molecule has 7 nitrogen and oxygen atoms in total. The van der Waals surface area contributed by atoms with Gasteiger partial charge in [0.15, 0.2) is 0 Å². The summed E-state index contributed by atoms with van der Waals surface area (Å²) in [5.74, 6) is 0.398. The van der Waals surface area contributed by atoms with E-state index in [2.05, 4.69) is 20.4 Å². The van der Waals surface area contributed by atoms with Crippen LogP contribution >= 0.6 is 0 Å². The van der Waals surface area contributed by atoms with Gasteiger partial charge in [-0.25, -0.2) is 9.50 Å². The van der Waals surface area contributed by atoms with Gasteiger partial charge < -0.3 is 15.3 Å². The zero-order valence-electron chi connectivity index (χ0n) is 14.5. The monoisotopic (exact) mass is 378 g/mol. The Bertz CT molecular complexity index is 971. The normalized spacial score (nSPS) is 15.5. The Kier molecular flexibility index (Phi) is 4.14. The fourth-order valence-corrected chi connectivity index (χ4v) is 3.17. The number of piperazine rings is 1. The lowest BCUT2D eigenvalue weighted by Crippen LogP contribution is -2.44. The van der Waals surface area contributed by atoms with Crippen molar-refractivity contribution in [2.75, 3.05) is 31.1 Å². The van der Waals surface area contributed by atoms with Crippen molar-refractivity contribution in [3.05, 3.63) is 35.5 Å². The van der Waals surface area contributed by atoms with Gasteiger partial charge >= 0.3 is 6.18 Å². The predicted octanol–water partition coefficient (Wildman–Crippen LogP) is 2.23. The molecule has 0 spiro atoms. The summed E-state index contributed by atoms with van der Waals surface area (Å²) in [5, 5.41) is 17.8. The van der Waals surface area contributed by atoms with Gasteiger partial charge in [0.1, 0.15) is 5.75 Å². The van der Waals surface area contributed by atoms with Crippen LogP contribution in [0.4, 0.5) is 19.1 Å². The number of halogens is 3. The molecule has 0 saturated carbocycles. The molecular formula is C17H17F3N6O. The van der Waals surface area contributed by atoms with E-state index in [1.54, 1.807) is 12.3 Å². The number of phenols is 1. The van der Waals surface area contributed by atoms with Crippen LogP contribution in [0.5, 0.6) is 5.75 Å². The first-order chi connectivity index (χ1) is 12.8. The van der Waals surface area contributed by atoms with Crippen molar-refractivity contribution in [3.63, 3.8) is 0 Å². The van der Waals surface area contributed by atoms with E-state index >= 15 is 0 Å². The molecule has 142 valence electrons. The summed E-state index contributed by atoms with van der Waals surface area (Å²) >= 11 is 0. The van der Waals surface area contributed by atoms with Gasteiger partial charge in [-0.3, -0.25) is 0 Å². The first kappa shape index (κ1) is 17.5. The highest BCUT2D eigenvalue weighted by Gasteiger charge is 2.32.